The van der Waals surface area contributed by atoms with Crippen LogP contribution in [0.5, 0.6) is 5.75 Å². The van der Waals surface area contributed by atoms with Crippen LogP contribution in [0.25, 0.3) is 0 Å². The van der Waals surface area contributed by atoms with Crippen LogP contribution in [0, 0.1) is 0 Å². The maximum atomic E-state index is 13.0. The molecule has 3 rings (SSSR count). The standard InChI is InChI=1S/C24H33N3O2/c1-4-10-21(20-11-6-5-7-12-20)25-24(28)19(2)26-15-17-27(18-16-26)22-13-8-9-14-23(22)29-3/h5-9,11-14,19,21H,4,10,15-18H2,1-3H3,(H,25,28)/t19-,21+/m0/s1. The number of carbonyl (C=O) groups excluding carboxylic acids is 1. The van der Waals surface area contributed by atoms with E-state index in [2.05, 4.69) is 40.2 Å². The lowest BCUT2D eigenvalue weighted by molar-refractivity contribution is -0.126. The molecular weight excluding hydrogens is 362 g/mol. The van der Waals surface area contributed by atoms with Crippen molar-refractivity contribution in [2.24, 2.45) is 0 Å². The Balaban J connectivity index is 1.58. The zero-order chi connectivity index (χ0) is 20.6. The Hall–Kier alpha value is -2.53. The quantitative estimate of drug-likeness (QED) is 0.737. The summed E-state index contributed by atoms with van der Waals surface area (Å²) in [5, 5.41) is 3.28. The number of nitrogens with zero attached hydrogens (tertiary/aromatic N) is 2. The van der Waals surface area contributed by atoms with Gasteiger partial charge in [-0.25, -0.2) is 0 Å². The molecule has 0 radical (unpaired) electrons. The Labute approximate surface area is 174 Å². The Morgan fingerprint density at radius 3 is 2.34 bits per heavy atom. The lowest BCUT2D eigenvalue weighted by Crippen LogP contribution is -2.54. The summed E-state index contributed by atoms with van der Waals surface area (Å²) in [4.78, 5) is 17.6. The minimum absolute atomic E-state index is 0.0750. The number of rotatable bonds is 8. The molecule has 1 amide bonds. The molecule has 1 N–H and O–H groups in total. The molecule has 1 fully saturated rings. The number of methoxy groups -OCH3 is 1. The van der Waals surface area contributed by atoms with Crippen molar-refractivity contribution < 1.29 is 9.53 Å². The first kappa shape index (κ1) is 21.2. The number of piperazine rings is 1. The van der Waals surface area contributed by atoms with E-state index in [1.54, 1.807) is 7.11 Å². The number of carbonyl (C=O) groups is 1. The van der Waals surface area contributed by atoms with Crippen molar-refractivity contribution in [1.82, 2.24) is 10.2 Å². The van der Waals surface area contributed by atoms with Gasteiger partial charge in [0.25, 0.3) is 0 Å². The minimum Gasteiger partial charge on any atom is -0.495 e. The molecular formula is C24H33N3O2. The van der Waals surface area contributed by atoms with E-state index in [4.69, 9.17) is 4.74 Å². The van der Waals surface area contributed by atoms with E-state index in [0.717, 1.165) is 50.5 Å². The van der Waals surface area contributed by atoms with Gasteiger partial charge in [0.1, 0.15) is 5.75 Å². The Bertz CT molecular complexity index is 773. The zero-order valence-corrected chi connectivity index (χ0v) is 17.8. The molecule has 0 unspecified atom stereocenters. The summed E-state index contributed by atoms with van der Waals surface area (Å²) in [6, 6.07) is 18.3. The van der Waals surface area contributed by atoms with Gasteiger partial charge in [-0.2, -0.15) is 0 Å². The number of benzene rings is 2. The fraction of sp³-hybridized carbons (Fsp3) is 0.458. The predicted molar refractivity (Wildman–Crippen MR) is 118 cm³/mol. The Kier molecular flexibility index (Phi) is 7.53. The van der Waals surface area contributed by atoms with Crippen LogP contribution < -0.4 is 15.0 Å². The summed E-state index contributed by atoms with van der Waals surface area (Å²) in [5.41, 5.74) is 2.30. The number of para-hydroxylation sites is 2. The van der Waals surface area contributed by atoms with E-state index >= 15 is 0 Å². The van der Waals surface area contributed by atoms with E-state index in [-0.39, 0.29) is 18.0 Å². The average Bonchev–Trinajstić information content (AvgIpc) is 2.79. The average molecular weight is 396 g/mol. The molecule has 0 aliphatic carbocycles. The third-order valence-corrected chi connectivity index (χ3v) is 5.76. The lowest BCUT2D eigenvalue weighted by Gasteiger charge is -2.39. The van der Waals surface area contributed by atoms with Gasteiger partial charge in [-0.15, -0.1) is 0 Å². The van der Waals surface area contributed by atoms with Gasteiger partial charge in [0.2, 0.25) is 5.91 Å². The second-order valence-corrected chi connectivity index (χ2v) is 7.63. The summed E-state index contributed by atoms with van der Waals surface area (Å²) >= 11 is 0. The van der Waals surface area contributed by atoms with Crippen molar-refractivity contribution in [3.05, 3.63) is 60.2 Å². The van der Waals surface area contributed by atoms with Gasteiger partial charge in [-0.3, -0.25) is 9.69 Å². The Morgan fingerprint density at radius 2 is 1.69 bits per heavy atom. The first-order valence-electron chi connectivity index (χ1n) is 10.6. The maximum Gasteiger partial charge on any atom is 0.237 e. The van der Waals surface area contributed by atoms with E-state index in [1.165, 1.54) is 5.56 Å². The molecule has 0 aromatic heterocycles. The van der Waals surface area contributed by atoms with Crippen molar-refractivity contribution in [1.29, 1.82) is 0 Å². The maximum absolute atomic E-state index is 13.0. The molecule has 1 aliphatic heterocycles. The molecule has 29 heavy (non-hydrogen) atoms. The lowest BCUT2D eigenvalue weighted by atomic mass is 10.0. The number of anilines is 1. The molecule has 5 heteroatoms. The van der Waals surface area contributed by atoms with Crippen LogP contribution in [0.4, 0.5) is 5.69 Å². The van der Waals surface area contributed by atoms with Crippen LogP contribution >= 0.6 is 0 Å². The van der Waals surface area contributed by atoms with Crippen LogP contribution in [0.1, 0.15) is 38.3 Å². The smallest absolute Gasteiger partial charge is 0.237 e. The van der Waals surface area contributed by atoms with Crippen LogP contribution in [0.2, 0.25) is 0 Å². The molecule has 5 nitrogen and oxygen atoms in total. The van der Waals surface area contributed by atoms with Gasteiger partial charge in [0.15, 0.2) is 0 Å². The topological polar surface area (TPSA) is 44.8 Å². The number of ether oxygens (including phenoxy) is 1. The van der Waals surface area contributed by atoms with Crippen LogP contribution in [-0.2, 0) is 4.79 Å². The summed E-state index contributed by atoms with van der Waals surface area (Å²) in [6.45, 7) is 7.65. The van der Waals surface area contributed by atoms with Crippen molar-refractivity contribution >= 4 is 11.6 Å². The first-order chi connectivity index (χ1) is 14.1. The van der Waals surface area contributed by atoms with Crippen molar-refractivity contribution in [3.63, 3.8) is 0 Å². The number of hydrogen-bond acceptors (Lipinski definition) is 4. The van der Waals surface area contributed by atoms with Crippen molar-refractivity contribution in [2.45, 2.75) is 38.8 Å². The number of nitrogens with one attached hydrogen (secondary N) is 1. The molecule has 1 saturated heterocycles. The van der Waals surface area contributed by atoms with E-state index in [1.807, 2.05) is 43.3 Å². The fourth-order valence-electron chi connectivity index (χ4n) is 4.00. The summed E-state index contributed by atoms with van der Waals surface area (Å²) in [7, 11) is 1.71. The molecule has 2 aromatic carbocycles. The highest BCUT2D eigenvalue weighted by molar-refractivity contribution is 5.81. The minimum atomic E-state index is -0.141. The van der Waals surface area contributed by atoms with Crippen LogP contribution in [0.15, 0.2) is 54.6 Å². The van der Waals surface area contributed by atoms with Gasteiger partial charge in [-0.05, 0) is 31.0 Å². The van der Waals surface area contributed by atoms with Gasteiger partial charge in [0.05, 0.1) is 24.9 Å². The molecule has 1 aliphatic rings. The van der Waals surface area contributed by atoms with Crippen molar-refractivity contribution in [2.75, 3.05) is 38.2 Å². The molecule has 0 saturated carbocycles. The van der Waals surface area contributed by atoms with Crippen LogP contribution in [-0.4, -0.2) is 50.1 Å². The van der Waals surface area contributed by atoms with Crippen LogP contribution in [0.3, 0.4) is 0 Å². The third kappa shape index (κ3) is 5.30. The fourth-order valence-corrected chi connectivity index (χ4v) is 4.00. The summed E-state index contributed by atoms with van der Waals surface area (Å²) in [5.74, 6) is 1.01. The largest absolute Gasteiger partial charge is 0.495 e. The molecule has 0 bridgehead atoms. The van der Waals surface area contributed by atoms with E-state index in [9.17, 15) is 4.79 Å². The van der Waals surface area contributed by atoms with Gasteiger partial charge in [-0.1, -0.05) is 55.8 Å². The second kappa shape index (κ2) is 10.3. The normalized spacial score (nSPS) is 16.9. The van der Waals surface area contributed by atoms with Gasteiger partial charge in [0, 0.05) is 26.2 Å². The van der Waals surface area contributed by atoms with E-state index in [0.29, 0.717) is 0 Å². The molecule has 156 valence electrons. The third-order valence-electron chi connectivity index (χ3n) is 5.76. The van der Waals surface area contributed by atoms with Crippen molar-refractivity contribution in [3.8, 4) is 5.75 Å². The molecule has 0 spiro atoms. The molecule has 2 atom stereocenters. The monoisotopic (exact) mass is 395 g/mol. The summed E-state index contributed by atoms with van der Waals surface area (Å²) < 4.78 is 5.50. The molecule has 1 heterocycles. The van der Waals surface area contributed by atoms with Gasteiger partial charge < -0.3 is 15.0 Å². The first-order valence-corrected chi connectivity index (χ1v) is 10.6. The summed E-state index contributed by atoms with van der Waals surface area (Å²) in [6.07, 6.45) is 1.98. The molecule has 2 aromatic rings. The highest BCUT2D eigenvalue weighted by Crippen LogP contribution is 2.28. The van der Waals surface area contributed by atoms with Gasteiger partial charge >= 0.3 is 0 Å². The second-order valence-electron chi connectivity index (χ2n) is 7.63. The predicted octanol–water partition coefficient (Wildman–Crippen LogP) is 3.86. The number of amides is 1. The van der Waals surface area contributed by atoms with E-state index < -0.39 is 0 Å². The highest BCUT2D eigenvalue weighted by Gasteiger charge is 2.27. The highest BCUT2D eigenvalue weighted by atomic mass is 16.5. The number of hydrogen-bond donors (Lipinski definition) is 1. The Morgan fingerprint density at radius 1 is 1.03 bits per heavy atom. The SMILES string of the molecule is CCC[C@@H](NC(=O)[C@H](C)N1CCN(c2ccccc2OC)CC1)c1ccccc1. The zero-order valence-electron chi connectivity index (χ0n) is 17.8.